The number of allylic oxidation sites excluding steroid dienone is 8. The van der Waals surface area contributed by atoms with Crippen LogP contribution in [0.3, 0.4) is 0 Å². The van der Waals surface area contributed by atoms with E-state index in [2.05, 4.69) is 78.9 Å². The summed E-state index contributed by atoms with van der Waals surface area (Å²) in [5.41, 5.74) is 5.65. The van der Waals surface area contributed by atoms with Gasteiger partial charge >= 0.3 is 41.9 Å². The average molecular weight is 435 g/mol. The van der Waals surface area contributed by atoms with Crippen LogP contribution in [0.2, 0.25) is 13.1 Å². The van der Waals surface area contributed by atoms with E-state index in [1.165, 1.54) is 22.3 Å². The van der Waals surface area contributed by atoms with Gasteiger partial charge < -0.3 is 24.8 Å². The molecule has 2 atom stereocenters. The molecule has 0 heterocycles. The van der Waals surface area contributed by atoms with Crippen LogP contribution >= 0.6 is 0 Å². The molecular formula is C18H28Cl2SiZr-2. The molecule has 0 nitrogen and oxygen atoms in total. The van der Waals surface area contributed by atoms with Crippen LogP contribution in [-0.2, 0) is 23.3 Å². The summed E-state index contributed by atoms with van der Waals surface area (Å²) in [4.78, 5) is 0. The molecule has 0 N–H and O–H groups in total. The van der Waals surface area contributed by atoms with E-state index in [0.717, 1.165) is 0 Å². The first kappa shape index (κ1) is 27.5. The van der Waals surface area contributed by atoms with Crippen molar-refractivity contribution in [3.8, 4) is 0 Å². The van der Waals surface area contributed by atoms with E-state index in [4.69, 9.17) is 0 Å². The molecule has 4 heteroatoms. The van der Waals surface area contributed by atoms with Crippen molar-refractivity contribution in [2.75, 3.05) is 0 Å². The third-order valence-electron chi connectivity index (χ3n) is 3.14. The third-order valence-corrected chi connectivity index (χ3v) is 3.14. The van der Waals surface area contributed by atoms with Gasteiger partial charge in [-0.3, -0.25) is 12.2 Å². The summed E-state index contributed by atoms with van der Waals surface area (Å²) in [6.45, 7) is 17.4. The summed E-state index contributed by atoms with van der Waals surface area (Å²) in [7, 11) is 0. The molecule has 0 aromatic carbocycles. The van der Waals surface area contributed by atoms with Gasteiger partial charge in [-0.05, 0) is 0 Å². The predicted molar refractivity (Wildman–Crippen MR) is 88.2 cm³/mol. The predicted octanol–water partition coefficient (Wildman–Crippen LogP) is -0.544. The second-order valence-corrected chi connectivity index (χ2v) is 15.2. The minimum atomic E-state index is 0. The summed E-state index contributed by atoms with van der Waals surface area (Å²) in [5, 5.41) is 0. The molecule has 2 rings (SSSR count). The Balaban J connectivity index is -0.000000249. The van der Waals surface area contributed by atoms with Gasteiger partial charge in [-0.2, -0.15) is 11.1 Å². The molecule has 124 valence electrons. The van der Waals surface area contributed by atoms with Crippen molar-refractivity contribution in [2.45, 2.75) is 54.6 Å². The normalized spacial score (nSPS) is 21.4. The summed E-state index contributed by atoms with van der Waals surface area (Å²) in [5.74, 6) is 1.13. The van der Waals surface area contributed by atoms with Gasteiger partial charge in [0.2, 0.25) is 0 Å². The second kappa shape index (κ2) is 14.0. The van der Waals surface area contributed by atoms with Crippen molar-refractivity contribution >= 4 is 5.43 Å². The largest absolute Gasteiger partial charge is 1.00 e. The summed E-state index contributed by atoms with van der Waals surface area (Å²) in [6.07, 6.45) is 11.0. The first-order valence-electron chi connectivity index (χ1n) is 7.21. The number of halogens is 2. The van der Waals surface area contributed by atoms with Gasteiger partial charge in [-0.25, -0.2) is 23.3 Å². The zero-order valence-corrected chi connectivity index (χ0v) is 20.0. The summed E-state index contributed by atoms with van der Waals surface area (Å²) < 4.78 is 0. The first-order chi connectivity index (χ1) is 9.13. The number of hydrogen-bond acceptors (Lipinski definition) is 0. The smallest absolute Gasteiger partial charge is 1.00 e. The zero-order chi connectivity index (χ0) is 15.9. The molecule has 2 aliphatic rings. The maximum atomic E-state index is 3.29. The van der Waals surface area contributed by atoms with Crippen LogP contribution < -0.4 is 24.8 Å². The van der Waals surface area contributed by atoms with Gasteiger partial charge in [0.25, 0.3) is 0 Å². The molecule has 0 aliphatic heterocycles. The van der Waals surface area contributed by atoms with Crippen LogP contribution in [0.5, 0.6) is 0 Å². The number of hydrogen-bond donors (Lipinski definition) is 0. The molecule has 0 aromatic rings. The van der Waals surface area contributed by atoms with Gasteiger partial charge in [0.1, 0.15) is 0 Å². The van der Waals surface area contributed by atoms with E-state index < -0.39 is 0 Å². The Hall–Kier alpha value is 0.640. The topological polar surface area (TPSA) is 0 Å². The molecule has 2 unspecified atom stereocenters. The van der Waals surface area contributed by atoms with Crippen molar-refractivity contribution in [3.63, 3.8) is 0 Å². The Morgan fingerprint density at radius 2 is 1.05 bits per heavy atom. The van der Waals surface area contributed by atoms with Gasteiger partial charge in [0.05, 0.1) is 0 Å². The van der Waals surface area contributed by atoms with Crippen molar-refractivity contribution in [3.05, 3.63) is 46.6 Å². The van der Waals surface area contributed by atoms with E-state index in [1.807, 2.05) is 0 Å². The first-order valence-corrected chi connectivity index (χ1v) is 13.4. The standard InChI is InChI=1S/2C8H11.C2H6Si.2ClH.Zr/c2*1-6-4-7(2)8(3)5-6;1-3-2;;;/h2*4,8H,1-3H3;1-2H3;2*1H;/q2*-1;;;;+2/p-2. The Morgan fingerprint density at radius 1 is 0.818 bits per heavy atom. The Kier molecular flexibility index (Phi) is 17.5. The Morgan fingerprint density at radius 3 is 1.09 bits per heavy atom. The minimum absolute atomic E-state index is 0. The van der Waals surface area contributed by atoms with Gasteiger partial charge in [0, 0.05) is 0 Å². The SMILES string of the molecule is CC1=[C-]C(C)C(C)=C1.CC1=[C-]C(C)C(C)=C1.C[Si](C)=[Zr+2].[Cl-].[Cl-]. The Labute approximate surface area is 165 Å². The molecule has 2 aliphatic carbocycles. The molecule has 0 saturated heterocycles. The van der Waals surface area contributed by atoms with E-state index in [1.54, 1.807) is 23.3 Å². The van der Waals surface area contributed by atoms with Gasteiger partial charge in [-0.1, -0.05) is 53.4 Å². The average Bonchev–Trinajstić information content (AvgIpc) is 2.70. The van der Waals surface area contributed by atoms with Crippen LogP contribution in [0.25, 0.3) is 0 Å². The molecule has 0 fully saturated rings. The Bertz CT molecular complexity index is 431. The van der Waals surface area contributed by atoms with Crippen LogP contribution in [0.15, 0.2) is 34.4 Å². The molecule has 0 amide bonds. The van der Waals surface area contributed by atoms with Crippen molar-refractivity contribution in [1.29, 1.82) is 0 Å². The molecule has 0 bridgehead atoms. The fourth-order valence-electron chi connectivity index (χ4n) is 1.93. The molecule has 0 saturated carbocycles. The molecule has 22 heavy (non-hydrogen) atoms. The van der Waals surface area contributed by atoms with Crippen LogP contribution in [-0.4, -0.2) is 5.43 Å². The number of rotatable bonds is 0. The molecule has 0 spiro atoms. The van der Waals surface area contributed by atoms with Crippen LogP contribution in [0.1, 0.15) is 41.5 Å². The van der Waals surface area contributed by atoms with Crippen LogP contribution in [0, 0.1) is 24.0 Å². The van der Waals surface area contributed by atoms with Crippen molar-refractivity contribution in [2.24, 2.45) is 11.8 Å². The van der Waals surface area contributed by atoms with E-state index in [-0.39, 0.29) is 30.2 Å². The minimum Gasteiger partial charge on any atom is -1.00 e. The fourth-order valence-corrected chi connectivity index (χ4v) is 1.93. The zero-order valence-electron chi connectivity index (χ0n) is 15.1. The van der Waals surface area contributed by atoms with E-state index in [9.17, 15) is 0 Å². The fraction of sp³-hybridized carbons (Fsp3) is 0.556. The van der Waals surface area contributed by atoms with Crippen molar-refractivity contribution < 1.29 is 48.1 Å². The molecule has 0 radical (unpaired) electrons. The maximum absolute atomic E-state index is 3.29. The summed E-state index contributed by atoms with van der Waals surface area (Å²) in [6, 6.07) is 0. The maximum Gasteiger partial charge on any atom is -1.00 e. The monoisotopic (exact) mass is 432 g/mol. The van der Waals surface area contributed by atoms with E-state index in [0.29, 0.717) is 11.8 Å². The molecular weight excluding hydrogens is 406 g/mol. The quantitative estimate of drug-likeness (QED) is 0.355. The second-order valence-electron chi connectivity index (χ2n) is 5.87. The molecule has 0 aromatic heterocycles. The third kappa shape index (κ3) is 13.1. The van der Waals surface area contributed by atoms with E-state index >= 15 is 0 Å². The summed E-state index contributed by atoms with van der Waals surface area (Å²) >= 11 is 1.74. The van der Waals surface area contributed by atoms with Crippen molar-refractivity contribution in [1.82, 2.24) is 0 Å². The van der Waals surface area contributed by atoms with Crippen LogP contribution in [0.4, 0.5) is 0 Å². The van der Waals surface area contributed by atoms with Gasteiger partial charge in [0.15, 0.2) is 0 Å². The van der Waals surface area contributed by atoms with Gasteiger partial charge in [-0.15, -0.1) is 0 Å².